The zero-order chi connectivity index (χ0) is 23.2. The van der Waals surface area contributed by atoms with Crippen molar-refractivity contribution in [1.29, 1.82) is 0 Å². The van der Waals surface area contributed by atoms with Crippen molar-refractivity contribution in [2.45, 2.75) is 13.1 Å². The van der Waals surface area contributed by atoms with Gasteiger partial charge in [-0.15, -0.1) is 0 Å². The molecule has 1 amide bonds. The minimum absolute atomic E-state index is 0.0815. The molecule has 0 atom stereocenters. The minimum atomic E-state index is -0.280. The largest absolute Gasteiger partial charge is 0.497 e. The fourth-order valence-electron chi connectivity index (χ4n) is 3.90. The predicted molar refractivity (Wildman–Crippen MR) is 129 cm³/mol. The number of anilines is 2. The molecule has 33 heavy (non-hydrogen) atoms. The number of aromatic nitrogens is 2. The number of hydrogen-bond acceptors (Lipinski definition) is 6. The van der Waals surface area contributed by atoms with Crippen LogP contribution in [0.4, 0.5) is 11.5 Å². The molecule has 1 aromatic heterocycles. The van der Waals surface area contributed by atoms with Gasteiger partial charge in [0.15, 0.2) is 0 Å². The molecule has 2 heterocycles. The van der Waals surface area contributed by atoms with Gasteiger partial charge >= 0.3 is 0 Å². The van der Waals surface area contributed by atoms with Crippen LogP contribution in [-0.4, -0.2) is 60.9 Å². The van der Waals surface area contributed by atoms with E-state index in [1.54, 1.807) is 25.1 Å². The number of rotatable bonds is 7. The van der Waals surface area contributed by atoms with Gasteiger partial charge in [-0.05, 0) is 35.9 Å². The molecule has 1 fully saturated rings. The molecule has 1 aliphatic heterocycles. The van der Waals surface area contributed by atoms with Crippen molar-refractivity contribution in [3.05, 3.63) is 82.6 Å². The lowest BCUT2D eigenvalue weighted by Gasteiger charge is -2.36. The number of likely N-dealkylation sites (N-methyl/N-ethyl adjacent to an activating group) is 1. The highest BCUT2D eigenvalue weighted by molar-refractivity contribution is 5.75. The molecule has 3 aromatic rings. The van der Waals surface area contributed by atoms with E-state index in [1.807, 2.05) is 42.5 Å². The van der Waals surface area contributed by atoms with Crippen LogP contribution in [0.5, 0.6) is 5.75 Å². The fourth-order valence-corrected chi connectivity index (χ4v) is 3.90. The van der Waals surface area contributed by atoms with Gasteiger partial charge in [0, 0.05) is 51.5 Å². The smallest absolute Gasteiger partial charge is 0.267 e. The zero-order valence-electron chi connectivity index (χ0n) is 19.1. The third-order valence-electron chi connectivity index (χ3n) is 5.87. The SMILES string of the molecule is COc1ccc(N2CCN(c3ccc(=O)n(CC(=O)N(C)Cc4ccccc4)n3)CC2)cc1. The van der Waals surface area contributed by atoms with Gasteiger partial charge in [-0.2, -0.15) is 5.10 Å². The third-order valence-corrected chi connectivity index (χ3v) is 5.87. The van der Waals surface area contributed by atoms with E-state index in [1.165, 1.54) is 10.7 Å². The van der Waals surface area contributed by atoms with Crippen molar-refractivity contribution in [3.8, 4) is 5.75 Å². The van der Waals surface area contributed by atoms with Crippen molar-refractivity contribution >= 4 is 17.4 Å². The average Bonchev–Trinajstić information content (AvgIpc) is 2.86. The normalized spacial score (nSPS) is 13.6. The van der Waals surface area contributed by atoms with Crippen molar-refractivity contribution < 1.29 is 9.53 Å². The molecule has 0 aliphatic carbocycles. The van der Waals surface area contributed by atoms with E-state index in [-0.39, 0.29) is 18.0 Å². The van der Waals surface area contributed by atoms with Crippen LogP contribution in [0.3, 0.4) is 0 Å². The number of hydrogen-bond donors (Lipinski definition) is 0. The van der Waals surface area contributed by atoms with Gasteiger partial charge in [-0.1, -0.05) is 30.3 Å². The number of nitrogens with zero attached hydrogens (tertiary/aromatic N) is 5. The van der Waals surface area contributed by atoms with Gasteiger partial charge < -0.3 is 19.4 Å². The minimum Gasteiger partial charge on any atom is -0.497 e. The highest BCUT2D eigenvalue weighted by Crippen LogP contribution is 2.21. The highest BCUT2D eigenvalue weighted by Gasteiger charge is 2.20. The van der Waals surface area contributed by atoms with Crippen molar-refractivity contribution in [1.82, 2.24) is 14.7 Å². The first-order valence-electron chi connectivity index (χ1n) is 11.0. The number of piperazine rings is 1. The second kappa shape index (κ2) is 10.2. The molecule has 0 N–H and O–H groups in total. The van der Waals surface area contributed by atoms with Gasteiger partial charge in [0.05, 0.1) is 7.11 Å². The monoisotopic (exact) mass is 447 g/mol. The Labute approximate surface area is 193 Å². The van der Waals surface area contributed by atoms with Gasteiger partial charge in [0.2, 0.25) is 5.91 Å². The quantitative estimate of drug-likeness (QED) is 0.553. The first-order valence-corrected chi connectivity index (χ1v) is 11.0. The number of ether oxygens (including phenoxy) is 1. The summed E-state index contributed by atoms with van der Waals surface area (Å²) >= 11 is 0. The van der Waals surface area contributed by atoms with Crippen molar-refractivity contribution in [3.63, 3.8) is 0 Å². The molecule has 1 aliphatic rings. The van der Waals surface area contributed by atoms with Gasteiger partial charge in [-0.3, -0.25) is 9.59 Å². The Morgan fingerprint density at radius 1 is 0.939 bits per heavy atom. The van der Waals surface area contributed by atoms with Crippen LogP contribution in [0, 0.1) is 0 Å². The van der Waals surface area contributed by atoms with Crippen LogP contribution in [-0.2, 0) is 17.9 Å². The molecule has 0 bridgehead atoms. The number of carbonyl (C=O) groups is 1. The summed E-state index contributed by atoms with van der Waals surface area (Å²) < 4.78 is 6.49. The molecule has 0 spiro atoms. The Kier molecular flexibility index (Phi) is 6.92. The predicted octanol–water partition coefficient (Wildman–Crippen LogP) is 2.24. The highest BCUT2D eigenvalue weighted by atomic mass is 16.5. The Morgan fingerprint density at radius 3 is 2.27 bits per heavy atom. The molecule has 8 heteroatoms. The first kappa shape index (κ1) is 22.4. The maximum Gasteiger partial charge on any atom is 0.267 e. The first-order chi connectivity index (χ1) is 16.0. The maximum atomic E-state index is 12.7. The Balaban J connectivity index is 1.38. The zero-order valence-corrected chi connectivity index (χ0v) is 19.1. The Hall–Kier alpha value is -3.81. The van der Waals surface area contributed by atoms with E-state index in [9.17, 15) is 9.59 Å². The summed E-state index contributed by atoms with van der Waals surface area (Å²) in [5.74, 6) is 1.39. The summed E-state index contributed by atoms with van der Waals surface area (Å²) in [5.41, 5.74) is 1.91. The van der Waals surface area contributed by atoms with Crippen molar-refractivity contribution in [2.24, 2.45) is 0 Å². The maximum absolute atomic E-state index is 12.7. The molecule has 1 saturated heterocycles. The molecule has 0 saturated carbocycles. The summed E-state index contributed by atoms with van der Waals surface area (Å²) in [6.07, 6.45) is 0. The lowest BCUT2D eigenvalue weighted by atomic mass is 10.2. The summed E-state index contributed by atoms with van der Waals surface area (Å²) in [7, 11) is 3.40. The second-order valence-corrected chi connectivity index (χ2v) is 8.09. The van der Waals surface area contributed by atoms with Crippen LogP contribution >= 0.6 is 0 Å². The summed E-state index contributed by atoms with van der Waals surface area (Å²) in [5, 5.41) is 4.49. The van der Waals surface area contributed by atoms with E-state index in [0.717, 1.165) is 43.2 Å². The lowest BCUT2D eigenvalue weighted by Crippen LogP contribution is -2.47. The fraction of sp³-hybridized carbons (Fsp3) is 0.320. The lowest BCUT2D eigenvalue weighted by molar-refractivity contribution is -0.131. The number of benzene rings is 2. The number of methoxy groups -OCH3 is 1. The topological polar surface area (TPSA) is 70.9 Å². The molecule has 4 rings (SSSR count). The van der Waals surface area contributed by atoms with Crippen LogP contribution in [0.15, 0.2) is 71.5 Å². The standard InChI is InChI=1S/C25H29N5O3/c1-27(18-20-6-4-3-5-7-20)25(32)19-30-24(31)13-12-23(26-30)29-16-14-28(15-17-29)21-8-10-22(33-2)11-9-21/h3-13H,14-19H2,1-2H3. The van der Waals surface area contributed by atoms with Crippen LogP contribution in [0.1, 0.15) is 5.56 Å². The van der Waals surface area contributed by atoms with E-state index in [2.05, 4.69) is 27.0 Å². The molecular formula is C25H29N5O3. The Bertz CT molecular complexity index is 1120. The average molecular weight is 448 g/mol. The van der Waals surface area contributed by atoms with Crippen LogP contribution in [0.25, 0.3) is 0 Å². The molecule has 8 nitrogen and oxygen atoms in total. The molecule has 0 unspecified atom stereocenters. The van der Waals surface area contributed by atoms with Gasteiger partial charge in [0.1, 0.15) is 18.1 Å². The van der Waals surface area contributed by atoms with Gasteiger partial charge in [0.25, 0.3) is 5.56 Å². The second-order valence-electron chi connectivity index (χ2n) is 8.09. The van der Waals surface area contributed by atoms with E-state index >= 15 is 0 Å². The molecule has 172 valence electrons. The van der Waals surface area contributed by atoms with E-state index < -0.39 is 0 Å². The molecule has 0 radical (unpaired) electrons. The summed E-state index contributed by atoms with van der Waals surface area (Å²) in [6.45, 7) is 3.64. The summed E-state index contributed by atoms with van der Waals surface area (Å²) in [6, 6.07) is 21.0. The van der Waals surface area contributed by atoms with E-state index in [0.29, 0.717) is 12.4 Å². The molecular weight excluding hydrogens is 418 g/mol. The van der Waals surface area contributed by atoms with Crippen LogP contribution < -0.4 is 20.1 Å². The van der Waals surface area contributed by atoms with Crippen LogP contribution in [0.2, 0.25) is 0 Å². The number of carbonyl (C=O) groups excluding carboxylic acids is 1. The van der Waals surface area contributed by atoms with E-state index in [4.69, 9.17) is 4.74 Å². The number of amides is 1. The molecule has 2 aromatic carbocycles. The van der Waals surface area contributed by atoms with Gasteiger partial charge in [-0.25, -0.2) is 4.68 Å². The third kappa shape index (κ3) is 5.52. The summed E-state index contributed by atoms with van der Waals surface area (Å²) in [4.78, 5) is 31.1. The Morgan fingerprint density at radius 2 is 1.61 bits per heavy atom. The van der Waals surface area contributed by atoms with Crippen molar-refractivity contribution in [2.75, 3.05) is 50.1 Å².